The van der Waals surface area contributed by atoms with Gasteiger partial charge in [0.15, 0.2) is 5.16 Å². The molecule has 1 unspecified atom stereocenters. The molecule has 8 nitrogen and oxygen atoms in total. The fourth-order valence-corrected chi connectivity index (χ4v) is 5.63. The lowest BCUT2D eigenvalue weighted by Gasteiger charge is -2.13. The lowest BCUT2D eigenvalue weighted by molar-refractivity contribution is -0.383. The molecule has 0 spiro atoms. The number of nitro groups is 1. The highest BCUT2D eigenvalue weighted by atomic mass is 32.2. The Bertz CT molecular complexity index is 1340. The summed E-state index contributed by atoms with van der Waals surface area (Å²) in [6, 6.07) is 9.85. The monoisotopic (exact) mass is 472 g/mol. The highest BCUT2D eigenvalue weighted by Crippen LogP contribution is 2.35. The van der Waals surface area contributed by atoms with Crippen molar-refractivity contribution in [2.75, 3.05) is 5.32 Å². The Balaban J connectivity index is 1.60. The average molecular weight is 473 g/mol. The van der Waals surface area contributed by atoms with Gasteiger partial charge in [-0.2, -0.15) is 0 Å². The number of carbonyl (C=O) groups is 1. The van der Waals surface area contributed by atoms with Gasteiger partial charge in [0.25, 0.3) is 11.2 Å². The van der Waals surface area contributed by atoms with Crippen LogP contribution in [0.5, 0.6) is 0 Å². The third-order valence-corrected chi connectivity index (χ3v) is 7.49. The number of amides is 1. The third-order valence-electron chi connectivity index (χ3n) is 4.57. The number of benzene rings is 1. The maximum Gasteiger partial charge on any atom is 0.292 e. The van der Waals surface area contributed by atoms with Gasteiger partial charge in [-0.25, -0.2) is 4.98 Å². The van der Waals surface area contributed by atoms with Gasteiger partial charge < -0.3 is 5.32 Å². The molecular formula is C20H16N4O4S3. The van der Waals surface area contributed by atoms with Crippen LogP contribution in [0, 0.1) is 10.1 Å². The van der Waals surface area contributed by atoms with Crippen LogP contribution in [0.2, 0.25) is 0 Å². The van der Waals surface area contributed by atoms with Crippen LogP contribution in [0.3, 0.4) is 0 Å². The first-order valence-electron chi connectivity index (χ1n) is 9.10. The van der Waals surface area contributed by atoms with Crippen molar-refractivity contribution in [2.45, 2.75) is 17.3 Å². The molecule has 158 valence electrons. The quantitative estimate of drug-likeness (QED) is 0.188. The van der Waals surface area contributed by atoms with Crippen LogP contribution >= 0.6 is 34.4 Å². The predicted molar refractivity (Wildman–Crippen MR) is 125 cm³/mol. The number of nitro benzene ring substituents is 1. The van der Waals surface area contributed by atoms with Crippen LogP contribution in [0.4, 0.5) is 11.4 Å². The number of hydrogen-bond donors (Lipinski definition) is 1. The van der Waals surface area contributed by atoms with Gasteiger partial charge in [0, 0.05) is 28.9 Å². The van der Waals surface area contributed by atoms with Crippen molar-refractivity contribution < 1.29 is 9.72 Å². The number of carbonyl (C=O) groups excluding carboxylic acids is 1. The molecule has 3 aromatic heterocycles. The molecule has 0 aliphatic carbocycles. The maximum absolute atomic E-state index is 13.0. The Kier molecular flexibility index (Phi) is 5.90. The Labute approximate surface area is 188 Å². The number of hydrogen-bond acceptors (Lipinski definition) is 8. The van der Waals surface area contributed by atoms with Gasteiger partial charge in [-0.15, -0.1) is 22.7 Å². The van der Waals surface area contributed by atoms with Crippen molar-refractivity contribution >= 4 is 61.9 Å². The van der Waals surface area contributed by atoms with Crippen LogP contribution in [-0.4, -0.2) is 25.6 Å². The largest absolute Gasteiger partial charge is 0.319 e. The summed E-state index contributed by atoms with van der Waals surface area (Å²) < 4.78 is 1.44. The van der Waals surface area contributed by atoms with Crippen molar-refractivity contribution in [1.29, 1.82) is 0 Å². The smallest absolute Gasteiger partial charge is 0.292 e. The van der Waals surface area contributed by atoms with Gasteiger partial charge in [-0.1, -0.05) is 30.0 Å². The van der Waals surface area contributed by atoms with Gasteiger partial charge in [0.2, 0.25) is 5.91 Å². The molecule has 1 amide bonds. The second-order valence-corrected chi connectivity index (χ2v) is 9.70. The number of nitrogens with one attached hydrogen (secondary N) is 1. The first-order valence-corrected chi connectivity index (χ1v) is 11.7. The van der Waals surface area contributed by atoms with E-state index in [0.717, 1.165) is 22.2 Å². The summed E-state index contributed by atoms with van der Waals surface area (Å²) in [6.45, 7) is 1.66. The van der Waals surface area contributed by atoms with Gasteiger partial charge in [0.1, 0.15) is 10.5 Å². The summed E-state index contributed by atoms with van der Waals surface area (Å²) in [4.78, 5) is 42.5. The number of aromatic nitrogens is 2. The molecule has 4 rings (SSSR count). The van der Waals surface area contributed by atoms with Gasteiger partial charge in [0.05, 0.1) is 15.6 Å². The molecule has 31 heavy (non-hydrogen) atoms. The number of thioether (sulfide) groups is 1. The zero-order chi connectivity index (χ0) is 22.1. The summed E-state index contributed by atoms with van der Waals surface area (Å²) in [7, 11) is 1.62. The molecule has 11 heteroatoms. The van der Waals surface area contributed by atoms with Gasteiger partial charge in [-0.05, 0) is 24.4 Å². The van der Waals surface area contributed by atoms with Crippen molar-refractivity contribution in [3.05, 3.63) is 67.6 Å². The Morgan fingerprint density at radius 3 is 2.74 bits per heavy atom. The summed E-state index contributed by atoms with van der Waals surface area (Å²) in [5.41, 5.74) is 0.631. The van der Waals surface area contributed by atoms with E-state index in [4.69, 9.17) is 0 Å². The van der Waals surface area contributed by atoms with Gasteiger partial charge in [-0.3, -0.25) is 24.3 Å². The molecular weight excluding hydrogens is 456 g/mol. The Hall–Kier alpha value is -3.02. The number of rotatable bonds is 6. The van der Waals surface area contributed by atoms with E-state index in [1.807, 2.05) is 22.9 Å². The van der Waals surface area contributed by atoms with Crippen LogP contribution in [0.1, 0.15) is 6.92 Å². The molecule has 0 aliphatic heterocycles. The minimum atomic E-state index is -0.632. The molecule has 0 radical (unpaired) electrons. The summed E-state index contributed by atoms with van der Waals surface area (Å²) >= 11 is 4.07. The van der Waals surface area contributed by atoms with Crippen LogP contribution in [-0.2, 0) is 11.8 Å². The molecule has 1 atom stereocenters. The number of para-hydroxylation sites is 2. The predicted octanol–water partition coefficient (Wildman–Crippen LogP) is 4.75. The maximum atomic E-state index is 13.0. The summed E-state index contributed by atoms with van der Waals surface area (Å²) in [6.07, 6.45) is 0. The van der Waals surface area contributed by atoms with Crippen LogP contribution in [0.25, 0.3) is 20.7 Å². The zero-order valence-electron chi connectivity index (χ0n) is 16.4. The van der Waals surface area contributed by atoms with E-state index in [1.165, 1.54) is 34.1 Å². The number of anilines is 1. The topological polar surface area (TPSA) is 107 Å². The van der Waals surface area contributed by atoms with E-state index in [1.54, 1.807) is 31.4 Å². The molecule has 0 fully saturated rings. The Morgan fingerprint density at radius 1 is 1.26 bits per heavy atom. The van der Waals surface area contributed by atoms with E-state index < -0.39 is 16.1 Å². The normalized spacial score (nSPS) is 12.1. The molecule has 0 aliphatic rings. The lowest BCUT2D eigenvalue weighted by atomic mass is 10.2. The highest BCUT2D eigenvalue weighted by molar-refractivity contribution is 8.00. The SMILES string of the molecule is CC(Sc1nc2scc(-c3cccs3)c2c(=O)n1C)C(=O)Nc1ccccc1[N+](=O)[O-]. The second-order valence-electron chi connectivity index (χ2n) is 6.59. The number of thiophene rings is 2. The van der Waals surface area contributed by atoms with Gasteiger partial charge >= 0.3 is 0 Å². The van der Waals surface area contributed by atoms with E-state index in [-0.39, 0.29) is 16.9 Å². The van der Waals surface area contributed by atoms with E-state index in [2.05, 4.69) is 10.3 Å². The minimum absolute atomic E-state index is 0.126. The molecule has 1 aromatic carbocycles. The Morgan fingerprint density at radius 2 is 2.03 bits per heavy atom. The second kappa shape index (κ2) is 8.61. The summed E-state index contributed by atoms with van der Waals surface area (Å²) in [5.74, 6) is -0.417. The highest BCUT2D eigenvalue weighted by Gasteiger charge is 2.23. The van der Waals surface area contributed by atoms with Crippen molar-refractivity contribution in [1.82, 2.24) is 9.55 Å². The molecule has 3 heterocycles. The number of nitrogens with zero attached hydrogens (tertiary/aromatic N) is 3. The molecule has 0 saturated carbocycles. The summed E-state index contributed by atoms with van der Waals surface area (Å²) in [5, 5.41) is 18.0. The minimum Gasteiger partial charge on any atom is -0.319 e. The van der Waals surface area contributed by atoms with E-state index >= 15 is 0 Å². The average Bonchev–Trinajstić information content (AvgIpc) is 3.41. The van der Waals surface area contributed by atoms with E-state index in [9.17, 15) is 19.7 Å². The fraction of sp³-hybridized carbons (Fsp3) is 0.150. The van der Waals surface area contributed by atoms with Crippen molar-refractivity contribution in [2.24, 2.45) is 7.05 Å². The third kappa shape index (κ3) is 4.11. The first kappa shape index (κ1) is 21.2. The van der Waals surface area contributed by atoms with E-state index in [0.29, 0.717) is 15.4 Å². The first-order chi connectivity index (χ1) is 14.9. The lowest BCUT2D eigenvalue weighted by Crippen LogP contribution is -2.25. The molecule has 0 saturated heterocycles. The van der Waals surface area contributed by atoms with Crippen LogP contribution in [0.15, 0.2) is 57.1 Å². The molecule has 4 aromatic rings. The van der Waals surface area contributed by atoms with Crippen molar-refractivity contribution in [3.8, 4) is 10.4 Å². The number of fused-ring (bicyclic) bond motifs is 1. The fourth-order valence-electron chi connectivity index (χ4n) is 2.96. The zero-order valence-corrected chi connectivity index (χ0v) is 18.8. The standard InChI is InChI=1S/C20H16N4O4S3/c1-11(17(25)21-13-6-3-4-7-14(13)24(27)28)31-20-22-18-16(19(26)23(20)2)12(10-30-18)15-8-5-9-29-15/h3-11H,1-2H3,(H,21,25). The van der Waals surface area contributed by atoms with Crippen molar-refractivity contribution in [3.63, 3.8) is 0 Å². The molecule has 1 N–H and O–H groups in total. The van der Waals surface area contributed by atoms with Crippen LogP contribution < -0.4 is 10.9 Å². The molecule has 0 bridgehead atoms.